The lowest BCUT2D eigenvalue weighted by molar-refractivity contribution is 0.631. The van der Waals surface area contributed by atoms with Gasteiger partial charge in [0.05, 0.1) is 5.69 Å². The van der Waals surface area contributed by atoms with Crippen molar-refractivity contribution in [1.29, 1.82) is 0 Å². The van der Waals surface area contributed by atoms with Crippen LogP contribution in [0.4, 0.5) is 10.1 Å². The first-order valence-corrected chi connectivity index (χ1v) is 4.32. The number of halogens is 2. The Balaban J connectivity index is 3.04. The van der Waals surface area contributed by atoms with E-state index in [4.69, 9.17) is 5.73 Å². The van der Waals surface area contributed by atoms with Gasteiger partial charge in [0.2, 0.25) is 0 Å². The van der Waals surface area contributed by atoms with E-state index >= 15 is 0 Å². The minimum atomic E-state index is -0.392. The molecule has 0 fully saturated rings. The number of para-hydroxylation sites is 1. The number of nitrogens with two attached hydrogens (primary N) is 1. The highest BCUT2D eigenvalue weighted by Gasteiger charge is 2.05. The summed E-state index contributed by atoms with van der Waals surface area (Å²) in [5, 5.41) is 2.57. The highest BCUT2D eigenvalue weighted by Crippen LogP contribution is 2.24. The van der Waals surface area contributed by atoms with Crippen molar-refractivity contribution in [2.75, 3.05) is 5.32 Å². The second kappa shape index (κ2) is 3.82. The lowest BCUT2D eigenvalue weighted by atomic mass is 10.3. The van der Waals surface area contributed by atoms with Crippen molar-refractivity contribution < 1.29 is 4.39 Å². The van der Waals surface area contributed by atoms with Crippen LogP contribution in [0, 0.1) is 5.82 Å². The molecule has 1 rings (SSSR count). The minimum absolute atomic E-state index is 0.0424. The molecule has 0 aliphatic heterocycles. The van der Waals surface area contributed by atoms with Crippen molar-refractivity contribution in [1.82, 2.24) is 0 Å². The predicted octanol–water partition coefficient (Wildman–Crippen LogP) is 2.24. The summed E-state index contributed by atoms with van der Waals surface area (Å²) in [5.74, 6) is -0.392. The zero-order valence-corrected chi connectivity index (χ0v) is 8.38. The first-order valence-electron chi connectivity index (χ1n) is 3.11. The van der Waals surface area contributed by atoms with E-state index in [1.165, 1.54) is 6.07 Å². The third-order valence-electron chi connectivity index (χ3n) is 1.21. The molecule has 64 valence electrons. The van der Waals surface area contributed by atoms with Crippen LogP contribution in [-0.2, 0) is 0 Å². The van der Waals surface area contributed by atoms with Crippen LogP contribution in [0.25, 0.3) is 0 Å². The van der Waals surface area contributed by atoms with Gasteiger partial charge in [-0.05, 0) is 40.3 Å². The van der Waals surface area contributed by atoms with E-state index in [9.17, 15) is 4.39 Å². The van der Waals surface area contributed by atoms with Crippen LogP contribution in [0.5, 0.6) is 0 Å². The lowest BCUT2D eigenvalue weighted by Crippen LogP contribution is -2.19. The van der Waals surface area contributed by atoms with Crippen LogP contribution in [0.3, 0.4) is 0 Å². The summed E-state index contributed by atoms with van der Waals surface area (Å²) in [6.07, 6.45) is 0. The monoisotopic (exact) mass is 248 g/mol. The van der Waals surface area contributed by atoms with Crippen molar-refractivity contribution >= 4 is 38.9 Å². The summed E-state index contributed by atoms with van der Waals surface area (Å²) in [5.41, 5.74) is 5.46. The molecule has 0 radical (unpaired) electrons. The van der Waals surface area contributed by atoms with Crippen LogP contribution in [0.15, 0.2) is 22.7 Å². The van der Waals surface area contributed by atoms with Gasteiger partial charge in [-0.1, -0.05) is 6.07 Å². The number of anilines is 1. The smallest absolute Gasteiger partial charge is 0.168 e. The molecule has 0 aliphatic rings. The molecular formula is C7H6BrFN2S. The fraction of sp³-hybridized carbons (Fsp3) is 0. The molecule has 12 heavy (non-hydrogen) atoms. The van der Waals surface area contributed by atoms with Gasteiger partial charge in [-0.2, -0.15) is 0 Å². The Morgan fingerprint density at radius 1 is 1.58 bits per heavy atom. The Kier molecular flexibility index (Phi) is 2.99. The quantitative estimate of drug-likeness (QED) is 0.749. The number of rotatable bonds is 1. The molecule has 0 spiro atoms. The normalized spacial score (nSPS) is 9.50. The Labute approximate surface area is 83.1 Å². The van der Waals surface area contributed by atoms with Crippen molar-refractivity contribution in [3.63, 3.8) is 0 Å². The van der Waals surface area contributed by atoms with Gasteiger partial charge in [0.25, 0.3) is 0 Å². The first-order chi connectivity index (χ1) is 5.61. The predicted molar refractivity (Wildman–Crippen MR) is 54.5 cm³/mol. The van der Waals surface area contributed by atoms with Crippen LogP contribution >= 0.6 is 28.1 Å². The lowest BCUT2D eigenvalue weighted by Gasteiger charge is -2.06. The second-order valence-corrected chi connectivity index (χ2v) is 3.38. The number of nitrogens with one attached hydrogen (secondary N) is 1. The maximum atomic E-state index is 13.0. The molecular weight excluding hydrogens is 243 g/mol. The second-order valence-electron chi connectivity index (χ2n) is 2.09. The summed E-state index contributed by atoms with van der Waals surface area (Å²) in [6, 6.07) is 4.61. The first kappa shape index (κ1) is 9.41. The zero-order chi connectivity index (χ0) is 9.14. The van der Waals surface area contributed by atoms with Crippen molar-refractivity contribution in [2.24, 2.45) is 5.73 Å². The number of hydrogen-bond donors (Lipinski definition) is 2. The summed E-state index contributed by atoms with van der Waals surface area (Å²) >= 11 is 7.73. The molecule has 0 saturated heterocycles. The molecule has 0 bridgehead atoms. The van der Waals surface area contributed by atoms with Gasteiger partial charge in [0.15, 0.2) is 5.11 Å². The molecule has 5 heteroatoms. The van der Waals surface area contributed by atoms with Gasteiger partial charge < -0.3 is 11.1 Å². The molecule has 0 saturated carbocycles. The van der Waals surface area contributed by atoms with Gasteiger partial charge in [0, 0.05) is 4.47 Å². The van der Waals surface area contributed by atoms with Gasteiger partial charge in [-0.15, -0.1) is 0 Å². The molecule has 1 aromatic rings. The number of thiocarbonyl (C=S) groups is 1. The highest BCUT2D eigenvalue weighted by atomic mass is 79.9. The van der Waals surface area contributed by atoms with Crippen LogP contribution < -0.4 is 11.1 Å². The van der Waals surface area contributed by atoms with E-state index in [2.05, 4.69) is 33.5 Å². The summed E-state index contributed by atoms with van der Waals surface area (Å²) in [6.45, 7) is 0. The Hall–Kier alpha value is -0.680. The molecule has 2 nitrogen and oxygen atoms in total. The number of hydrogen-bond acceptors (Lipinski definition) is 1. The van der Waals surface area contributed by atoms with E-state index in [0.29, 0.717) is 4.47 Å². The van der Waals surface area contributed by atoms with E-state index < -0.39 is 5.82 Å². The Morgan fingerprint density at radius 2 is 2.25 bits per heavy atom. The standard InChI is InChI=1S/C7H6BrFN2S/c8-4-2-1-3-5(9)6(4)11-7(10)12/h1-3H,(H3,10,11,12). The van der Waals surface area contributed by atoms with Gasteiger partial charge in [-0.3, -0.25) is 0 Å². The summed E-state index contributed by atoms with van der Waals surface area (Å²) in [7, 11) is 0. The van der Waals surface area contributed by atoms with E-state index in [1.54, 1.807) is 12.1 Å². The minimum Gasteiger partial charge on any atom is -0.376 e. The van der Waals surface area contributed by atoms with E-state index in [-0.39, 0.29) is 10.8 Å². The van der Waals surface area contributed by atoms with E-state index in [0.717, 1.165) is 0 Å². The summed E-state index contributed by atoms with van der Waals surface area (Å²) < 4.78 is 13.6. The number of benzene rings is 1. The van der Waals surface area contributed by atoms with Crippen LogP contribution in [0.1, 0.15) is 0 Å². The van der Waals surface area contributed by atoms with Crippen molar-refractivity contribution in [3.8, 4) is 0 Å². The third kappa shape index (κ3) is 2.15. The summed E-state index contributed by atoms with van der Waals surface area (Å²) in [4.78, 5) is 0. The van der Waals surface area contributed by atoms with E-state index in [1.807, 2.05) is 0 Å². The molecule has 0 unspecified atom stereocenters. The van der Waals surface area contributed by atoms with Gasteiger partial charge >= 0.3 is 0 Å². The topological polar surface area (TPSA) is 38.0 Å². The molecule has 3 N–H and O–H groups in total. The molecule has 0 aliphatic carbocycles. The fourth-order valence-electron chi connectivity index (χ4n) is 0.740. The van der Waals surface area contributed by atoms with Gasteiger partial charge in [-0.25, -0.2) is 4.39 Å². The molecule has 0 amide bonds. The van der Waals surface area contributed by atoms with Gasteiger partial charge in [0.1, 0.15) is 5.82 Å². The Morgan fingerprint density at radius 3 is 2.75 bits per heavy atom. The van der Waals surface area contributed by atoms with Crippen molar-refractivity contribution in [3.05, 3.63) is 28.5 Å². The average molecular weight is 249 g/mol. The van der Waals surface area contributed by atoms with Crippen molar-refractivity contribution in [2.45, 2.75) is 0 Å². The zero-order valence-electron chi connectivity index (χ0n) is 5.97. The average Bonchev–Trinajstić information content (AvgIpc) is 1.97. The SMILES string of the molecule is NC(=S)Nc1c(F)cccc1Br. The molecule has 1 aromatic carbocycles. The molecule has 0 atom stereocenters. The molecule has 0 heterocycles. The maximum Gasteiger partial charge on any atom is 0.168 e. The highest BCUT2D eigenvalue weighted by molar-refractivity contribution is 9.10. The van der Waals surface area contributed by atoms with Crippen LogP contribution in [-0.4, -0.2) is 5.11 Å². The fourth-order valence-corrected chi connectivity index (χ4v) is 1.28. The van der Waals surface area contributed by atoms with Crippen LogP contribution in [0.2, 0.25) is 0 Å². The Bertz CT molecular complexity index is 296. The third-order valence-corrected chi connectivity index (χ3v) is 1.97. The molecule has 0 aromatic heterocycles. The largest absolute Gasteiger partial charge is 0.376 e. The maximum absolute atomic E-state index is 13.0.